The second-order valence-electron chi connectivity index (χ2n) is 4.61. The predicted molar refractivity (Wildman–Crippen MR) is 69.8 cm³/mol. The third-order valence-corrected chi connectivity index (χ3v) is 3.35. The van der Waals surface area contributed by atoms with Crippen molar-refractivity contribution in [3.63, 3.8) is 0 Å². The van der Waals surface area contributed by atoms with Gasteiger partial charge in [-0.25, -0.2) is 0 Å². The molecule has 2 aromatic rings. The molecule has 3 rings (SSSR count). The number of benzene rings is 1. The van der Waals surface area contributed by atoms with Gasteiger partial charge in [0.1, 0.15) is 0 Å². The van der Waals surface area contributed by atoms with Gasteiger partial charge in [-0.05, 0) is 54.3 Å². The Labute approximate surface area is 102 Å². The number of hydrogen-bond donors (Lipinski definition) is 1. The van der Waals surface area contributed by atoms with E-state index in [1.54, 1.807) is 0 Å². The zero-order valence-corrected chi connectivity index (χ0v) is 10.0. The van der Waals surface area contributed by atoms with Gasteiger partial charge in [-0.15, -0.1) is 0 Å². The molecule has 0 spiro atoms. The van der Waals surface area contributed by atoms with Gasteiger partial charge in [-0.1, -0.05) is 17.7 Å². The van der Waals surface area contributed by atoms with E-state index in [-0.39, 0.29) is 0 Å². The number of rotatable bonds is 1. The molecule has 0 saturated heterocycles. The molecule has 0 atom stereocenters. The summed E-state index contributed by atoms with van der Waals surface area (Å²) in [5.41, 5.74) is 6.94. The summed E-state index contributed by atoms with van der Waals surface area (Å²) < 4.78 is 0. The lowest BCUT2D eigenvalue weighted by molar-refractivity contribution is 0.644. The van der Waals surface area contributed by atoms with Crippen LogP contribution in [0.5, 0.6) is 0 Å². The highest BCUT2D eigenvalue weighted by atomic mass is 14.9. The van der Waals surface area contributed by atoms with E-state index < -0.39 is 0 Å². The second-order valence-corrected chi connectivity index (χ2v) is 4.61. The van der Waals surface area contributed by atoms with Crippen molar-refractivity contribution in [2.24, 2.45) is 0 Å². The number of nitrogens with one attached hydrogen (secondary N) is 1. The zero-order chi connectivity index (χ0) is 11.7. The Morgan fingerprint density at radius 1 is 1.18 bits per heavy atom. The first-order valence-corrected chi connectivity index (χ1v) is 6.08. The summed E-state index contributed by atoms with van der Waals surface area (Å²) in [6.07, 6.45) is 4.85. The van der Waals surface area contributed by atoms with Crippen LogP contribution in [0.3, 0.4) is 0 Å². The largest absolute Gasteiger partial charge is 0.312 e. The van der Waals surface area contributed by atoms with Gasteiger partial charge < -0.3 is 5.32 Å². The maximum Gasteiger partial charge on any atom is 0.0273 e. The summed E-state index contributed by atoms with van der Waals surface area (Å²) in [7, 11) is 0. The minimum Gasteiger partial charge on any atom is -0.312 e. The summed E-state index contributed by atoms with van der Waals surface area (Å²) in [4.78, 5) is 4.09. The predicted octanol–water partition coefficient (Wildman–Crippen LogP) is 2.70. The molecule has 0 bridgehead atoms. The fourth-order valence-corrected chi connectivity index (χ4v) is 2.57. The van der Waals surface area contributed by atoms with Gasteiger partial charge in [0.05, 0.1) is 0 Å². The molecule has 1 aliphatic rings. The average molecular weight is 224 g/mol. The molecular weight excluding hydrogens is 208 g/mol. The fraction of sp³-hybridized carbons (Fsp3) is 0.267. The Bertz CT molecular complexity index is 532. The molecule has 1 aliphatic heterocycles. The van der Waals surface area contributed by atoms with Crippen molar-refractivity contribution in [2.75, 3.05) is 6.54 Å². The van der Waals surface area contributed by atoms with Crippen molar-refractivity contribution in [1.29, 1.82) is 0 Å². The highest BCUT2D eigenvalue weighted by Gasteiger charge is 2.14. The van der Waals surface area contributed by atoms with Crippen molar-refractivity contribution in [3.05, 3.63) is 53.3 Å². The summed E-state index contributed by atoms with van der Waals surface area (Å²) >= 11 is 0. The molecule has 0 saturated carbocycles. The van der Waals surface area contributed by atoms with Gasteiger partial charge in [0, 0.05) is 18.9 Å². The van der Waals surface area contributed by atoms with Gasteiger partial charge in [0.15, 0.2) is 0 Å². The minimum absolute atomic E-state index is 0.995. The van der Waals surface area contributed by atoms with E-state index in [1.807, 2.05) is 12.4 Å². The first-order valence-electron chi connectivity index (χ1n) is 6.08. The van der Waals surface area contributed by atoms with Crippen LogP contribution in [-0.2, 0) is 13.0 Å². The maximum atomic E-state index is 4.09. The van der Waals surface area contributed by atoms with Crippen molar-refractivity contribution in [1.82, 2.24) is 10.3 Å². The molecule has 17 heavy (non-hydrogen) atoms. The van der Waals surface area contributed by atoms with E-state index in [1.165, 1.54) is 27.8 Å². The first-order chi connectivity index (χ1) is 8.34. The highest BCUT2D eigenvalue weighted by molar-refractivity contribution is 5.69. The van der Waals surface area contributed by atoms with Gasteiger partial charge >= 0.3 is 0 Å². The quantitative estimate of drug-likeness (QED) is 0.805. The first kappa shape index (κ1) is 10.5. The number of aromatic nitrogens is 1. The van der Waals surface area contributed by atoms with Crippen molar-refractivity contribution >= 4 is 0 Å². The van der Waals surface area contributed by atoms with E-state index in [0.29, 0.717) is 0 Å². The molecule has 1 aromatic carbocycles. The maximum absolute atomic E-state index is 4.09. The van der Waals surface area contributed by atoms with Crippen LogP contribution in [0.2, 0.25) is 0 Å². The summed E-state index contributed by atoms with van der Waals surface area (Å²) in [5, 5.41) is 3.43. The number of hydrogen-bond acceptors (Lipinski definition) is 2. The highest BCUT2D eigenvalue weighted by Crippen LogP contribution is 2.29. The molecule has 0 unspecified atom stereocenters. The van der Waals surface area contributed by atoms with Gasteiger partial charge in [0.2, 0.25) is 0 Å². The zero-order valence-electron chi connectivity index (χ0n) is 10.0. The molecule has 0 fully saturated rings. The molecule has 0 aliphatic carbocycles. The van der Waals surface area contributed by atoms with Crippen LogP contribution in [0.4, 0.5) is 0 Å². The van der Waals surface area contributed by atoms with Gasteiger partial charge in [-0.3, -0.25) is 4.98 Å². The lowest BCUT2D eigenvalue weighted by atomic mass is 9.90. The van der Waals surface area contributed by atoms with Crippen LogP contribution in [0, 0.1) is 6.92 Å². The van der Waals surface area contributed by atoms with Crippen LogP contribution < -0.4 is 5.32 Å². The number of aryl methyl sites for hydroxylation is 1. The smallest absolute Gasteiger partial charge is 0.0273 e. The third-order valence-electron chi connectivity index (χ3n) is 3.35. The van der Waals surface area contributed by atoms with E-state index in [9.17, 15) is 0 Å². The minimum atomic E-state index is 0.995. The van der Waals surface area contributed by atoms with Crippen molar-refractivity contribution in [3.8, 4) is 11.1 Å². The standard InChI is InChI=1S/C15H16N2/c1-11-8-13-10-17-7-4-14(13)15(9-11)12-2-5-16-6-3-12/h2-3,5-6,8-9,17H,4,7,10H2,1H3. The average Bonchev–Trinajstić information content (AvgIpc) is 2.39. The fourth-order valence-electron chi connectivity index (χ4n) is 2.57. The third kappa shape index (κ3) is 1.96. The molecule has 2 nitrogen and oxygen atoms in total. The SMILES string of the molecule is Cc1cc2c(c(-c3ccncc3)c1)CCNC2. The molecule has 86 valence electrons. The molecule has 0 radical (unpaired) electrons. The van der Waals surface area contributed by atoms with Crippen LogP contribution in [0.25, 0.3) is 11.1 Å². The lowest BCUT2D eigenvalue weighted by Crippen LogP contribution is -2.24. The molecular formula is C15H16N2. The summed E-state index contributed by atoms with van der Waals surface area (Å²) in [6.45, 7) is 4.24. The molecule has 0 amide bonds. The van der Waals surface area contributed by atoms with Crippen LogP contribution >= 0.6 is 0 Å². The van der Waals surface area contributed by atoms with Crippen molar-refractivity contribution < 1.29 is 0 Å². The van der Waals surface area contributed by atoms with Crippen LogP contribution in [0.15, 0.2) is 36.7 Å². The van der Waals surface area contributed by atoms with Gasteiger partial charge in [-0.2, -0.15) is 0 Å². The van der Waals surface area contributed by atoms with E-state index >= 15 is 0 Å². The van der Waals surface area contributed by atoms with Gasteiger partial charge in [0.25, 0.3) is 0 Å². The monoisotopic (exact) mass is 224 g/mol. The Morgan fingerprint density at radius 3 is 2.82 bits per heavy atom. The van der Waals surface area contributed by atoms with Crippen LogP contribution in [0.1, 0.15) is 16.7 Å². The van der Waals surface area contributed by atoms with Crippen molar-refractivity contribution in [2.45, 2.75) is 19.9 Å². The van der Waals surface area contributed by atoms with E-state index in [4.69, 9.17) is 0 Å². The number of nitrogens with zero attached hydrogens (tertiary/aromatic N) is 1. The Hall–Kier alpha value is -1.67. The number of fused-ring (bicyclic) bond motifs is 1. The number of pyridine rings is 1. The normalized spacial score (nSPS) is 14.4. The molecule has 2 heteroatoms. The Balaban J connectivity index is 2.19. The summed E-state index contributed by atoms with van der Waals surface area (Å²) in [6, 6.07) is 8.78. The molecule has 1 N–H and O–H groups in total. The topological polar surface area (TPSA) is 24.9 Å². The molecule has 2 heterocycles. The summed E-state index contributed by atoms with van der Waals surface area (Å²) in [5.74, 6) is 0. The Morgan fingerprint density at radius 2 is 2.00 bits per heavy atom. The second kappa shape index (κ2) is 4.30. The van der Waals surface area contributed by atoms with Crippen LogP contribution in [-0.4, -0.2) is 11.5 Å². The van der Waals surface area contributed by atoms with E-state index in [0.717, 1.165) is 19.5 Å². The lowest BCUT2D eigenvalue weighted by Gasteiger charge is -2.21. The Kier molecular flexibility index (Phi) is 2.65. The van der Waals surface area contributed by atoms with E-state index in [2.05, 4.69) is 41.5 Å². The molecule has 1 aromatic heterocycles.